The second kappa shape index (κ2) is 5.58. The molecule has 1 aromatic carbocycles. The maximum absolute atomic E-state index is 11.0. The van der Waals surface area contributed by atoms with Crippen molar-refractivity contribution in [3.63, 3.8) is 0 Å². The molecule has 2 aromatic rings. The lowest BCUT2D eigenvalue weighted by Gasteiger charge is -2.20. The molecule has 2 rings (SSSR count). The summed E-state index contributed by atoms with van der Waals surface area (Å²) in [6.45, 7) is 3.11. The van der Waals surface area contributed by atoms with Crippen molar-refractivity contribution in [2.45, 2.75) is 19.4 Å². The fraction of sp³-hybridized carbons (Fsp3) is 0.214. The highest BCUT2D eigenvalue weighted by atomic mass is 79.9. The zero-order valence-electron chi connectivity index (χ0n) is 11.1. The average molecular weight is 336 g/mol. The van der Waals surface area contributed by atoms with E-state index in [0.29, 0.717) is 0 Å². The molecule has 0 aliphatic rings. The number of anilines is 1. The summed E-state index contributed by atoms with van der Waals surface area (Å²) in [4.78, 5) is 19.3. The number of aliphatic carboxylic acids is 1. The molecule has 0 atom stereocenters. The largest absolute Gasteiger partial charge is 0.480 e. The van der Waals surface area contributed by atoms with Gasteiger partial charge >= 0.3 is 5.97 Å². The van der Waals surface area contributed by atoms with Crippen molar-refractivity contribution in [2.24, 2.45) is 0 Å². The molecule has 0 unspecified atom stereocenters. The fourth-order valence-electron chi connectivity index (χ4n) is 1.56. The molecule has 5 nitrogen and oxygen atoms in total. The van der Waals surface area contributed by atoms with E-state index in [1.54, 1.807) is 26.2 Å². The number of hydrogen-bond acceptors (Lipinski definition) is 4. The quantitative estimate of drug-likeness (QED) is 0.897. The van der Waals surface area contributed by atoms with Crippen LogP contribution >= 0.6 is 15.9 Å². The summed E-state index contributed by atoms with van der Waals surface area (Å²) < 4.78 is 0.954. The highest BCUT2D eigenvalue weighted by molar-refractivity contribution is 9.10. The van der Waals surface area contributed by atoms with Crippen LogP contribution in [0.3, 0.4) is 0 Å². The molecule has 0 radical (unpaired) electrons. The van der Waals surface area contributed by atoms with Gasteiger partial charge < -0.3 is 10.4 Å². The predicted molar refractivity (Wildman–Crippen MR) is 80.5 cm³/mol. The first kappa shape index (κ1) is 14.5. The lowest BCUT2D eigenvalue weighted by atomic mass is 10.1. The van der Waals surface area contributed by atoms with E-state index < -0.39 is 11.5 Å². The van der Waals surface area contributed by atoms with E-state index in [4.69, 9.17) is 5.11 Å². The van der Waals surface area contributed by atoms with Gasteiger partial charge in [0.15, 0.2) is 0 Å². The Balaban J connectivity index is 2.23. The van der Waals surface area contributed by atoms with Crippen LogP contribution < -0.4 is 5.32 Å². The number of benzene rings is 1. The van der Waals surface area contributed by atoms with Crippen molar-refractivity contribution in [2.75, 3.05) is 5.32 Å². The lowest BCUT2D eigenvalue weighted by molar-refractivity contribution is -0.141. The van der Waals surface area contributed by atoms with Crippen molar-refractivity contribution in [1.82, 2.24) is 9.97 Å². The number of nitrogens with zero attached hydrogens (tertiary/aromatic N) is 2. The fourth-order valence-corrected chi connectivity index (χ4v) is 2.07. The van der Waals surface area contributed by atoms with Gasteiger partial charge in [-0.3, -0.25) is 0 Å². The van der Waals surface area contributed by atoms with Gasteiger partial charge in [0.05, 0.1) is 0 Å². The van der Waals surface area contributed by atoms with Crippen LogP contribution in [0.15, 0.2) is 41.1 Å². The van der Waals surface area contributed by atoms with Crippen molar-refractivity contribution >= 4 is 27.8 Å². The number of carboxylic acid groups (broad SMARTS) is 1. The summed E-state index contributed by atoms with van der Waals surface area (Å²) in [6, 6.07) is 7.76. The Hall–Kier alpha value is -1.95. The van der Waals surface area contributed by atoms with Gasteiger partial charge in [-0.25, -0.2) is 14.8 Å². The van der Waals surface area contributed by atoms with Gasteiger partial charge in [-0.05, 0) is 25.5 Å². The Kier molecular flexibility index (Phi) is 4.04. The molecule has 0 aliphatic heterocycles. The van der Waals surface area contributed by atoms with Gasteiger partial charge in [-0.2, -0.15) is 0 Å². The molecule has 0 saturated heterocycles. The molecule has 6 heteroatoms. The summed E-state index contributed by atoms with van der Waals surface area (Å²) in [5.41, 5.74) is 0.724. The van der Waals surface area contributed by atoms with Crippen LogP contribution in [0.25, 0.3) is 11.1 Å². The minimum Gasteiger partial charge on any atom is -0.480 e. The first-order valence-corrected chi connectivity index (χ1v) is 6.78. The maximum Gasteiger partial charge on any atom is 0.328 e. The molecular formula is C14H14BrN3O2. The van der Waals surface area contributed by atoms with E-state index in [0.717, 1.165) is 15.6 Å². The zero-order chi connectivity index (χ0) is 14.8. The van der Waals surface area contributed by atoms with E-state index >= 15 is 0 Å². The van der Waals surface area contributed by atoms with Crippen LogP contribution in [0, 0.1) is 0 Å². The summed E-state index contributed by atoms with van der Waals surface area (Å²) in [5, 5.41) is 11.8. The molecule has 0 fully saturated rings. The number of carbonyl (C=O) groups is 1. The zero-order valence-corrected chi connectivity index (χ0v) is 12.7. The third-order valence-corrected chi connectivity index (χ3v) is 3.49. The SMILES string of the molecule is CC(C)(Nc1ncc(-c2ccccc2Br)cn1)C(=O)O. The van der Waals surface area contributed by atoms with Crippen molar-refractivity contribution in [3.05, 3.63) is 41.1 Å². The molecule has 20 heavy (non-hydrogen) atoms. The van der Waals surface area contributed by atoms with Crippen LogP contribution in [0.4, 0.5) is 5.95 Å². The number of rotatable bonds is 4. The molecule has 1 heterocycles. The van der Waals surface area contributed by atoms with E-state index in [2.05, 4.69) is 31.2 Å². The third kappa shape index (κ3) is 3.14. The number of carboxylic acids is 1. The van der Waals surface area contributed by atoms with E-state index in [9.17, 15) is 4.79 Å². The summed E-state index contributed by atoms with van der Waals surface area (Å²) >= 11 is 3.47. The smallest absolute Gasteiger partial charge is 0.328 e. The summed E-state index contributed by atoms with van der Waals surface area (Å²) in [6.07, 6.45) is 3.32. The number of hydrogen-bond donors (Lipinski definition) is 2. The van der Waals surface area contributed by atoms with Gasteiger partial charge in [0, 0.05) is 22.4 Å². The minimum absolute atomic E-state index is 0.285. The van der Waals surface area contributed by atoms with Crippen LogP contribution in [-0.4, -0.2) is 26.6 Å². The van der Waals surface area contributed by atoms with Gasteiger partial charge in [0.25, 0.3) is 0 Å². The number of halogens is 1. The number of nitrogens with one attached hydrogen (secondary N) is 1. The normalized spacial score (nSPS) is 11.2. The molecule has 104 valence electrons. The Labute approximate surface area is 125 Å². The monoisotopic (exact) mass is 335 g/mol. The van der Waals surface area contributed by atoms with Crippen molar-refractivity contribution in [3.8, 4) is 11.1 Å². The topological polar surface area (TPSA) is 75.1 Å². The second-order valence-corrected chi connectivity index (χ2v) is 5.68. The molecule has 0 bridgehead atoms. The molecule has 0 amide bonds. The Morgan fingerprint density at radius 2 is 1.85 bits per heavy atom. The van der Waals surface area contributed by atoms with E-state index in [1.807, 2.05) is 24.3 Å². The van der Waals surface area contributed by atoms with Crippen molar-refractivity contribution in [1.29, 1.82) is 0 Å². The van der Waals surface area contributed by atoms with Gasteiger partial charge in [-0.15, -0.1) is 0 Å². The Morgan fingerprint density at radius 3 is 2.40 bits per heavy atom. The number of aromatic nitrogens is 2. The first-order chi connectivity index (χ1) is 9.40. The van der Waals surface area contributed by atoms with Crippen LogP contribution in [-0.2, 0) is 4.79 Å². The lowest BCUT2D eigenvalue weighted by Crippen LogP contribution is -2.40. The highest BCUT2D eigenvalue weighted by Crippen LogP contribution is 2.27. The average Bonchev–Trinajstić information content (AvgIpc) is 2.40. The van der Waals surface area contributed by atoms with E-state index in [1.165, 1.54) is 0 Å². The maximum atomic E-state index is 11.0. The molecule has 0 spiro atoms. The standard InChI is InChI=1S/C14H14BrN3O2/c1-14(2,12(19)20)18-13-16-7-9(8-17-13)10-5-3-4-6-11(10)15/h3-8H,1-2H3,(H,19,20)(H,16,17,18). The Bertz CT molecular complexity index is 627. The molecule has 0 aliphatic carbocycles. The third-order valence-electron chi connectivity index (χ3n) is 2.80. The van der Waals surface area contributed by atoms with E-state index in [-0.39, 0.29) is 5.95 Å². The summed E-state index contributed by atoms with van der Waals surface area (Å²) in [5.74, 6) is -0.677. The molecule has 0 saturated carbocycles. The Morgan fingerprint density at radius 1 is 1.25 bits per heavy atom. The first-order valence-electron chi connectivity index (χ1n) is 5.99. The van der Waals surface area contributed by atoms with Crippen LogP contribution in [0.2, 0.25) is 0 Å². The van der Waals surface area contributed by atoms with Crippen LogP contribution in [0.1, 0.15) is 13.8 Å². The minimum atomic E-state index is -1.12. The predicted octanol–water partition coefficient (Wildman–Crippen LogP) is 3.18. The van der Waals surface area contributed by atoms with Gasteiger partial charge in [0.1, 0.15) is 5.54 Å². The van der Waals surface area contributed by atoms with Gasteiger partial charge in [-0.1, -0.05) is 34.1 Å². The molecule has 1 aromatic heterocycles. The molecular weight excluding hydrogens is 322 g/mol. The summed E-state index contributed by atoms with van der Waals surface area (Å²) in [7, 11) is 0. The van der Waals surface area contributed by atoms with Gasteiger partial charge in [0.2, 0.25) is 5.95 Å². The molecule has 2 N–H and O–H groups in total. The second-order valence-electron chi connectivity index (χ2n) is 4.83. The van der Waals surface area contributed by atoms with Crippen molar-refractivity contribution < 1.29 is 9.90 Å². The highest BCUT2D eigenvalue weighted by Gasteiger charge is 2.27. The van der Waals surface area contributed by atoms with Crippen LogP contribution in [0.5, 0.6) is 0 Å².